The van der Waals surface area contributed by atoms with Crippen LogP contribution in [-0.4, -0.2) is 37.2 Å². The molecule has 2 N–H and O–H groups in total. The van der Waals surface area contributed by atoms with Gasteiger partial charge in [0.15, 0.2) is 0 Å². The first-order valence-electron chi connectivity index (χ1n) is 6.40. The van der Waals surface area contributed by atoms with Crippen molar-refractivity contribution in [1.29, 1.82) is 0 Å². The Morgan fingerprint density at radius 1 is 1.44 bits per heavy atom. The van der Waals surface area contributed by atoms with E-state index < -0.39 is 0 Å². The molecule has 4 atom stereocenters. The molecule has 3 heterocycles. The molecule has 3 aliphatic rings. The van der Waals surface area contributed by atoms with Gasteiger partial charge in [-0.25, -0.2) is 0 Å². The molecule has 4 nitrogen and oxygen atoms in total. The Bertz CT molecular complexity index is 291. The quantitative estimate of drug-likeness (QED) is 0.724. The number of rotatable bonds is 3. The lowest BCUT2D eigenvalue weighted by atomic mass is 9.87. The lowest BCUT2D eigenvalue weighted by Crippen LogP contribution is -2.52. The van der Waals surface area contributed by atoms with Gasteiger partial charge in [-0.2, -0.15) is 0 Å². The van der Waals surface area contributed by atoms with Gasteiger partial charge < -0.3 is 15.4 Å². The summed E-state index contributed by atoms with van der Waals surface area (Å²) in [5, 5.41) is 6.38. The monoisotopic (exact) mass is 224 g/mol. The summed E-state index contributed by atoms with van der Waals surface area (Å²) in [6.07, 6.45) is 4.02. The van der Waals surface area contributed by atoms with Gasteiger partial charge in [0.2, 0.25) is 5.91 Å². The molecule has 0 aliphatic carbocycles. The number of carbonyl (C=O) groups excluding carboxylic acids is 1. The van der Waals surface area contributed by atoms with Crippen LogP contribution in [0.5, 0.6) is 0 Å². The molecular weight excluding hydrogens is 204 g/mol. The molecule has 16 heavy (non-hydrogen) atoms. The molecule has 3 rings (SSSR count). The molecule has 0 saturated carbocycles. The fraction of sp³-hybridized carbons (Fsp3) is 0.917. The van der Waals surface area contributed by atoms with Crippen LogP contribution in [0.2, 0.25) is 0 Å². The number of amides is 1. The van der Waals surface area contributed by atoms with Crippen LogP contribution in [0.15, 0.2) is 0 Å². The van der Waals surface area contributed by atoms with Gasteiger partial charge in [0.1, 0.15) is 0 Å². The minimum Gasteiger partial charge on any atom is -0.373 e. The first-order chi connectivity index (χ1) is 7.74. The van der Waals surface area contributed by atoms with Gasteiger partial charge in [0.05, 0.1) is 18.2 Å². The molecule has 3 fully saturated rings. The molecule has 3 saturated heterocycles. The summed E-state index contributed by atoms with van der Waals surface area (Å²) >= 11 is 0. The maximum absolute atomic E-state index is 12.0. The van der Waals surface area contributed by atoms with Gasteiger partial charge in [0, 0.05) is 5.92 Å². The van der Waals surface area contributed by atoms with E-state index in [0.717, 1.165) is 25.9 Å². The minimum atomic E-state index is 0.139. The van der Waals surface area contributed by atoms with E-state index >= 15 is 0 Å². The second kappa shape index (κ2) is 4.00. The third kappa shape index (κ3) is 1.74. The Balaban J connectivity index is 1.52. The van der Waals surface area contributed by atoms with Crippen LogP contribution < -0.4 is 10.6 Å². The van der Waals surface area contributed by atoms with Gasteiger partial charge >= 0.3 is 0 Å². The van der Waals surface area contributed by atoms with E-state index in [-0.39, 0.29) is 17.9 Å². The highest BCUT2D eigenvalue weighted by Gasteiger charge is 2.42. The predicted octanol–water partition coefficient (Wildman–Crippen LogP) is 0.278. The average Bonchev–Trinajstić information content (AvgIpc) is 2.76. The summed E-state index contributed by atoms with van der Waals surface area (Å²) in [7, 11) is 0. The van der Waals surface area contributed by atoms with E-state index in [9.17, 15) is 4.79 Å². The Labute approximate surface area is 96.1 Å². The van der Waals surface area contributed by atoms with Gasteiger partial charge in [-0.3, -0.25) is 4.79 Å². The smallest absolute Gasteiger partial charge is 0.223 e. The Kier molecular flexibility index (Phi) is 2.64. The van der Waals surface area contributed by atoms with E-state index in [2.05, 4.69) is 10.6 Å². The SMILES string of the molecule is CC(C(=O)NC1CC2CCC1O2)C1CNC1. The fourth-order valence-corrected chi connectivity index (χ4v) is 2.98. The first-order valence-corrected chi connectivity index (χ1v) is 6.40. The van der Waals surface area contributed by atoms with Crippen molar-refractivity contribution >= 4 is 5.91 Å². The molecule has 0 aromatic heterocycles. The zero-order valence-electron chi connectivity index (χ0n) is 9.74. The van der Waals surface area contributed by atoms with Crippen molar-refractivity contribution in [3.8, 4) is 0 Å². The highest BCUT2D eigenvalue weighted by atomic mass is 16.5. The summed E-state index contributed by atoms with van der Waals surface area (Å²) in [5.41, 5.74) is 0. The molecule has 1 amide bonds. The van der Waals surface area contributed by atoms with E-state index in [1.165, 1.54) is 6.42 Å². The number of ether oxygens (including phenoxy) is 1. The van der Waals surface area contributed by atoms with Crippen molar-refractivity contribution < 1.29 is 9.53 Å². The molecule has 3 aliphatic heterocycles. The van der Waals surface area contributed by atoms with Crippen molar-refractivity contribution in [3.63, 3.8) is 0 Å². The van der Waals surface area contributed by atoms with E-state index in [1.807, 2.05) is 6.92 Å². The first kappa shape index (κ1) is 10.5. The summed E-state index contributed by atoms with van der Waals surface area (Å²) in [5.74, 6) is 0.882. The number of hydrogen-bond acceptors (Lipinski definition) is 3. The molecule has 0 spiro atoms. The third-order valence-corrected chi connectivity index (χ3v) is 4.37. The molecule has 0 aromatic carbocycles. The molecule has 2 bridgehead atoms. The normalized spacial score (nSPS) is 39.4. The topological polar surface area (TPSA) is 50.4 Å². The lowest BCUT2D eigenvalue weighted by Gasteiger charge is -2.33. The van der Waals surface area contributed by atoms with Crippen molar-refractivity contribution in [2.75, 3.05) is 13.1 Å². The fourth-order valence-electron chi connectivity index (χ4n) is 2.98. The van der Waals surface area contributed by atoms with Gasteiger partial charge in [0.25, 0.3) is 0 Å². The van der Waals surface area contributed by atoms with Crippen molar-refractivity contribution in [2.45, 2.75) is 44.4 Å². The summed E-state index contributed by atoms with van der Waals surface area (Å²) in [4.78, 5) is 12.0. The van der Waals surface area contributed by atoms with Crippen LogP contribution in [0, 0.1) is 11.8 Å². The van der Waals surface area contributed by atoms with Crippen LogP contribution in [0.1, 0.15) is 26.2 Å². The zero-order chi connectivity index (χ0) is 11.1. The van der Waals surface area contributed by atoms with Crippen molar-refractivity contribution in [1.82, 2.24) is 10.6 Å². The van der Waals surface area contributed by atoms with Crippen LogP contribution in [0.25, 0.3) is 0 Å². The van der Waals surface area contributed by atoms with Crippen molar-refractivity contribution in [2.24, 2.45) is 11.8 Å². The summed E-state index contributed by atoms with van der Waals surface area (Å²) in [6, 6.07) is 0.279. The molecule has 4 unspecified atom stereocenters. The Morgan fingerprint density at radius 3 is 2.75 bits per heavy atom. The second-order valence-corrected chi connectivity index (χ2v) is 5.43. The summed E-state index contributed by atoms with van der Waals surface area (Å²) in [6.45, 7) is 4.01. The van der Waals surface area contributed by atoms with E-state index in [0.29, 0.717) is 18.1 Å². The number of carbonyl (C=O) groups is 1. The van der Waals surface area contributed by atoms with Crippen LogP contribution in [-0.2, 0) is 9.53 Å². The van der Waals surface area contributed by atoms with Gasteiger partial charge in [-0.05, 0) is 38.3 Å². The van der Waals surface area contributed by atoms with Gasteiger partial charge in [-0.15, -0.1) is 0 Å². The number of hydrogen-bond donors (Lipinski definition) is 2. The predicted molar refractivity (Wildman–Crippen MR) is 60.0 cm³/mol. The highest BCUT2D eigenvalue weighted by Crippen LogP contribution is 2.34. The summed E-state index contributed by atoms with van der Waals surface area (Å²) < 4.78 is 5.74. The Hall–Kier alpha value is -0.610. The van der Waals surface area contributed by atoms with Crippen LogP contribution >= 0.6 is 0 Å². The standard InChI is InChI=1S/C12H20N2O2/c1-7(8-5-13-6-8)12(15)14-10-4-9-2-3-11(10)16-9/h7-11,13H,2-6H2,1H3,(H,14,15). The Morgan fingerprint density at radius 2 is 2.25 bits per heavy atom. The number of fused-ring (bicyclic) bond motifs is 2. The second-order valence-electron chi connectivity index (χ2n) is 5.43. The number of nitrogens with one attached hydrogen (secondary N) is 2. The third-order valence-electron chi connectivity index (χ3n) is 4.37. The molecule has 0 aromatic rings. The molecule has 90 valence electrons. The van der Waals surface area contributed by atoms with E-state index in [4.69, 9.17) is 4.74 Å². The molecule has 4 heteroatoms. The maximum atomic E-state index is 12.0. The minimum absolute atomic E-state index is 0.139. The zero-order valence-corrected chi connectivity index (χ0v) is 9.74. The maximum Gasteiger partial charge on any atom is 0.223 e. The molecule has 0 radical (unpaired) electrons. The molecular formula is C12H20N2O2. The average molecular weight is 224 g/mol. The van der Waals surface area contributed by atoms with Crippen LogP contribution in [0.3, 0.4) is 0 Å². The largest absolute Gasteiger partial charge is 0.373 e. The van der Waals surface area contributed by atoms with E-state index in [1.54, 1.807) is 0 Å². The lowest BCUT2D eigenvalue weighted by molar-refractivity contribution is -0.127. The van der Waals surface area contributed by atoms with Crippen LogP contribution in [0.4, 0.5) is 0 Å². The van der Waals surface area contributed by atoms with Gasteiger partial charge in [-0.1, -0.05) is 6.92 Å². The van der Waals surface area contributed by atoms with Crippen molar-refractivity contribution in [3.05, 3.63) is 0 Å². The highest BCUT2D eigenvalue weighted by molar-refractivity contribution is 5.79.